The van der Waals surface area contributed by atoms with Gasteiger partial charge in [-0.3, -0.25) is 25.4 Å². The third kappa shape index (κ3) is 3.54. The highest BCUT2D eigenvalue weighted by Crippen LogP contribution is 2.30. The third-order valence-corrected chi connectivity index (χ3v) is 5.18. The SMILES string of the molecule is Cc1nnc(NNC(=O)c2cc(-c3cccc4ccccc34)nc3ccccc23)[nH]c1=O. The van der Waals surface area contributed by atoms with Gasteiger partial charge in [0.05, 0.1) is 16.8 Å². The van der Waals surface area contributed by atoms with Gasteiger partial charge in [0.25, 0.3) is 11.5 Å². The molecule has 2 heterocycles. The van der Waals surface area contributed by atoms with Crippen molar-refractivity contribution < 1.29 is 4.79 Å². The van der Waals surface area contributed by atoms with Crippen LogP contribution in [0.4, 0.5) is 5.95 Å². The van der Waals surface area contributed by atoms with Crippen LogP contribution in [0.3, 0.4) is 0 Å². The largest absolute Gasteiger partial charge is 0.288 e. The molecule has 0 saturated carbocycles. The normalized spacial score (nSPS) is 10.9. The number of anilines is 1. The van der Waals surface area contributed by atoms with Crippen molar-refractivity contribution in [3.8, 4) is 11.3 Å². The Kier molecular flexibility index (Phi) is 4.79. The number of para-hydroxylation sites is 1. The van der Waals surface area contributed by atoms with Crippen molar-refractivity contribution in [3.63, 3.8) is 0 Å². The van der Waals surface area contributed by atoms with E-state index in [0.717, 1.165) is 16.3 Å². The topological polar surface area (TPSA) is 113 Å². The highest BCUT2D eigenvalue weighted by atomic mass is 16.2. The van der Waals surface area contributed by atoms with Gasteiger partial charge in [0.1, 0.15) is 5.69 Å². The summed E-state index contributed by atoms with van der Waals surface area (Å²) < 4.78 is 0. The second kappa shape index (κ2) is 7.92. The van der Waals surface area contributed by atoms with Gasteiger partial charge in [-0.25, -0.2) is 4.98 Å². The van der Waals surface area contributed by atoms with Crippen molar-refractivity contribution in [1.82, 2.24) is 25.6 Å². The van der Waals surface area contributed by atoms with E-state index in [1.54, 1.807) is 13.0 Å². The lowest BCUT2D eigenvalue weighted by Crippen LogP contribution is -2.32. The van der Waals surface area contributed by atoms with Crippen molar-refractivity contribution in [2.75, 3.05) is 5.43 Å². The summed E-state index contributed by atoms with van der Waals surface area (Å²) in [5.41, 5.74) is 7.81. The molecule has 0 radical (unpaired) electrons. The van der Waals surface area contributed by atoms with Gasteiger partial charge < -0.3 is 0 Å². The van der Waals surface area contributed by atoms with Gasteiger partial charge in [-0.1, -0.05) is 60.7 Å². The number of benzene rings is 3. The first-order valence-corrected chi connectivity index (χ1v) is 9.98. The fourth-order valence-corrected chi connectivity index (χ4v) is 3.58. The number of fused-ring (bicyclic) bond motifs is 2. The third-order valence-electron chi connectivity index (χ3n) is 5.18. The summed E-state index contributed by atoms with van der Waals surface area (Å²) in [5.74, 6) is -0.352. The number of rotatable bonds is 4. The summed E-state index contributed by atoms with van der Waals surface area (Å²) in [6.07, 6.45) is 0. The zero-order chi connectivity index (χ0) is 22.1. The average Bonchev–Trinajstić information content (AvgIpc) is 2.83. The molecule has 1 amide bonds. The van der Waals surface area contributed by atoms with Crippen molar-refractivity contribution >= 4 is 33.5 Å². The Morgan fingerprint density at radius 1 is 0.906 bits per heavy atom. The number of carbonyl (C=O) groups is 1. The molecule has 0 saturated heterocycles. The summed E-state index contributed by atoms with van der Waals surface area (Å²) in [7, 11) is 0. The molecule has 0 aliphatic carbocycles. The maximum atomic E-state index is 13.1. The Bertz CT molecular complexity index is 1540. The lowest BCUT2D eigenvalue weighted by Gasteiger charge is -2.12. The first-order valence-electron chi connectivity index (χ1n) is 9.98. The monoisotopic (exact) mass is 422 g/mol. The first-order chi connectivity index (χ1) is 15.6. The van der Waals surface area contributed by atoms with Crippen molar-refractivity contribution in [2.45, 2.75) is 6.92 Å². The van der Waals surface area contributed by atoms with Crippen LogP contribution in [-0.4, -0.2) is 26.1 Å². The van der Waals surface area contributed by atoms with Crippen LogP contribution in [-0.2, 0) is 0 Å². The molecule has 0 spiro atoms. The number of aromatic amines is 1. The maximum absolute atomic E-state index is 13.1. The summed E-state index contributed by atoms with van der Waals surface area (Å²) in [6, 6.07) is 23.3. The van der Waals surface area contributed by atoms with Crippen molar-refractivity contribution in [2.24, 2.45) is 0 Å². The number of amides is 1. The molecule has 32 heavy (non-hydrogen) atoms. The molecule has 0 atom stereocenters. The summed E-state index contributed by atoms with van der Waals surface area (Å²) in [5, 5.41) is 10.4. The number of nitrogens with zero attached hydrogens (tertiary/aromatic N) is 3. The van der Waals surface area contributed by atoms with Crippen LogP contribution in [0.5, 0.6) is 0 Å². The molecular weight excluding hydrogens is 404 g/mol. The van der Waals surface area contributed by atoms with Crippen molar-refractivity contribution in [1.29, 1.82) is 0 Å². The lowest BCUT2D eigenvalue weighted by atomic mass is 9.99. The van der Waals surface area contributed by atoms with E-state index in [4.69, 9.17) is 4.98 Å². The molecule has 2 aromatic heterocycles. The van der Waals surface area contributed by atoms with Crippen LogP contribution in [0.2, 0.25) is 0 Å². The van der Waals surface area contributed by atoms with Crippen LogP contribution in [0.1, 0.15) is 16.1 Å². The van der Waals surface area contributed by atoms with Crippen LogP contribution in [0.25, 0.3) is 32.9 Å². The van der Waals surface area contributed by atoms with E-state index in [1.165, 1.54) is 0 Å². The van der Waals surface area contributed by atoms with E-state index < -0.39 is 5.91 Å². The Morgan fingerprint density at radius 3 is 2.50 bits per heavy atom. The first kappa shape index (κ1) is 19.4. The zero-order valence-corrected chi connectivity index (χ0v) is 17.1. The molecule has 5 aromatic rings. The van der Waals surface area contributed by atoms with E-state index in [2.05, 4.69) is 26.0 Å². The van der Waals surface area contributed by atoms with Crippen molar-refractivity contribution in [3.05, 3.63) is 94.4 Å². The molecule has 3 N–H and O–H groups in total. The smallest absolute Gasteiger partial charge is 0.274 e. The van der Waals surface area contributed by atoms with Gasteiger partial charge >= 0.3 is 0 Å². The quantitative estimate of drug-likeness (QED) is 0.382. The summed E-state index contributed by atoms with van der Waals surface area (Å²) in [6.45, 7) is 1.55. The van der Waals surface area contributed by atoms with E-state index in [-0.39, 0.29) is 17.2 Å². The van der Waals surface area contributed by atoms with E-state index in [0.29, 0.717) is 22.2 Å². The molecule has 3 aromatic carbocycles. The number of nitrogens with one attached hydrogen (secondary N) is 3. The molecule has 8 nitrogen and oxygen atoms in total. The second-order valence-corrected chi connectivity index (χ2v) is 7.27. The van der Waals surface area contributed by atoms with Gasteiger partial charge in [0.15, 0.2) is 0 Å². The van der Waals surface area contributed by atoms with Gasteiger partial charge in [0, 0.05) is 10.9 Å². The molecule has 156 valence electrons. The predicted molar refractivity (Wildman–Crippen MR) is 123 cm³/mol. The van der Waals surface area contributed by atoms with Crippen LogP contribution < -0.4 is 16.4 Å². The van der Waals surface area contributed by atoms with E-state index in [1.807, 2.05) is 66.7 Å². The number of hydrazine groups is 1. The Morgan fingerprint density at radius 2 is 1.66 bits per heavy atom. The lowest BCUT2D eigenvalue weighted by molar-refractivity contribution is 0.0964. The fourth-order valence-electron chi connectivity index (χ4n) is 3.58. The standard InChI is InChI=1S/C24H18N6O2/c1-14-22(31)26-24(29-27-14)30-28-23(32)19-13-21(25-20-12-5-4-10-18(19)20)17-11-6-8-15-7-2-3-9-16(15)17/h2-13H,1H3,(H,28,32)(H2,26,29,30,31). The van der Waals surface area contributed by atoms with Gasteiger partial charge in [-0.15, -0.1) is 10.2 Å². The molecule has 0 bridgehead atoms. The number of H-pyrrole nitrogens is 1. The molecule has 0 aliphatic rings. The number of aromatic nitrogens is 4. The predicted octanol–water partition coefficient (Wildman–Crippen LogP) is 3.60. The minimum absolute atomic E-state index is 0.0431. The molecular formula is C24H18N6O2. The van der Waals surface area contributed by atoms with Crippen LogP contribution in [0.15, 0.2) is 77.6 Å². The second-order valence-electron chi connectivity index (χ2n) is 7.27. The molecule has 0 aliphatic heterocycles. The average molecular weight is 422 g/mol. The zero-order valence-electron chi connectivity index (χ0n) is 17.1. The number of aryl methyl sites for hydroxylation is 1. The minimum Gasteiger partial charge on any atom is -0.288 e. The number of carbonyl (C=O) groups excluding carboxylic acids is 1. The molecule has 5 rings (SSSR count). The Hall–Kier alpha value is -4.59. The van der Waals surface area contributed by atoms with Gasteiger partial charge in [-0.2, -0.15) is 0 Å². The van der Waals surface area contributed by atoms with E-state index in [9.17, 15) is 9.59 Å². The van der Waals surface area contributed by atoms with E-state index >= 15 is 0 Å². The summed E-state index contributed by atoms with van der Waals surface area (Å²) >= 11 is 0. The molecule has 8 heteroatoms. The number of hydrogen-bond donors (Lipinski definition) is 3. The summed E-state index contributed by atoms with van der Waals surface area (Å²) in [4.78, 5) is 32.1. The Labute approximate surface area is 182 Å². The molecule has 0 fully saturated rings. The van der Waals surface area contributed by atoms with Gasteiger partial charge in [-0.05, 0) is 29.8 Å². The molecule has 0 unspecified atom stereocenters. The van der Waals surface area contributed by atoms with Gasteiger partial charge in [0.2, 0.25) is 5.95 Å². The maximum Gasteiger partial charge on any atom is 0.274 e. The van der Waals surface area contributed by atoms with Crippen LogP contribution >= 0.6 is 0 Å². The fraction of sp³-hybridized carbons (Fsp3) is 0.0417. The highest BCUT2D eigenvalue weighted by Gasteiger charge is 2.15. The highest BCUT2D eigenvalue weighted by molar-refractivity contribution is 6.08. The minimum atomic E-state index is -0.395. The Balaban J connectivity index is 1.57. The number of hydrogen-bond acceptors (Lipinski definition) is 6. The van der Waals surface area contributed by atoms with Crippen LogP contribution in [0, 0.1) is 6.92 Å². The number of pyridine rings is 1.